The normalized spacial score (nSPS) is 17.0. The minimum Gasteiger partial charge on any atom is -0.464 e. The number of H-pyrrole nitrogens is 1. The van der Waals surface area contributed by atoms with Gasteiger partial charge in [0.05, 0.1) is 6.61 Å². The van der Waals surface area contributed by atoms with Crippen LogP contribution in [0.1, 0.15) is 68.6 Å². The Bertz CT molecular complexity index is 516. The summed E-state index contributed by atoms with van der Waals surface area (Å²) in [4.78, 5) is 24.5. The van der Waals surface area contributed by atoms with Crippen LogP contribution in [0.4, 0.5) is 0 Å². The van der Waals surface area contributed by atoms with Gasteiger partial charge in [0.1, 0.15) is 11.2 Å². The second-order valence-corrected chi connectivity index (χ2v) is 5.83. The maximum Gasteiger partial charge on any atom is 0.331 e. The van der Waals surface area contributed by atoms with E-state index in [1.54, 1.807) is 13.0 Å². The van der Waals surface area contributed by atoms with Crippen molar-refractivity contribution >= 4 is 11.9 Å². The van der Waals surface area contributed by atoms with Crippen LogP contribution in [0.5, 0.6) is 0 Å². The van der Waals surface area contributed by atoms with E-state index >= 15 is 0 Å². The molecule has 2 N–H and O–H groups in total. The van der Waals surface area contributed by atoms with Crippen molar-refractivity contribution in [3.05, 3.63) is 17.5 Å². The zero-order valence-electron chi connectivity index (χ0n) is 12.9. The molecule has 1 aromatic heterocycles. The fourth-order valence-electron chi connectivity index (χ4n) is 2.66. The molecular formula is C15H23N3O3. The molecule has 21 heavy (non-hydrogen) atoms. The smallest absolute Gasteiger partial charge is 0.331 e. The highest BCUT2D eigenvalue weighted by Crippen LogP contribution is 2.31. The molecule has 1 aliphatic carbocycles. The first kappa shape index (κ1) is 15.5. The summed E-state index contributed by atoms with van der Waals surface area (Å²) < 4.78 is 5.13. The SMILES string of the molecule is CCOC(=O)C1(NC(=O)c2cc(C(C)C)[nH]n2)CCCC1. The molecule has 2 rings (SSSR count). The number of ether oxygens (including phenoxy) is 1. The average molecular weight is 293 g/mol. The lowest BCUT2D eigenvalue weighted by Crippen LogP contribution is -2.53. The highest BCUT2D eigenvalue weighted by molar-refractivity contribution is 5.97. The van der Waals surface area contributed by atoms with E-state index in [-0.39, 0.29) is 17.8 Å². The van der Waals surface area contributed by atoms with Gasteiger partial charge in [0, 0.05) is 5.69 Å². The molecule has 1 saturated carbocycles. The molecular weight excluding hydrogens is 270 g/mol. The lowest BCUT2D eigenvalue weighted by atomic mass is 9.97. The van der Waals surface area contributed by atoms with Crippen molar-refractivity contribution in [1.29, 1.82) is 0 Å². The van der Waals surface area contributed by atoms with Crippen LogP contribution in [0.25, 0.3) is 0 Å². The number of carbonyl (C=O) groups excluding carboxylic acids is 2. The Morgan fingerprint density at radius 2 is 2.10 bits per heavy atom. The maximum absolute atomic E-state index is 12.3. The zero-order chi connectivity index (χ0) is 15.5. The van der Waals surface area contributed by atoms with E-state index in [1.807, 2.05) is 13.8 Å². The Labute approximate surface area is 124 Å². The number of hydrogen-bond acceptors (Lipinski definition) is 4. The summed E-state index contributed by atoms with van der Waals surface area (Å²) in [6.07, 6.45) is 3.08. The number of amides is 1. The van der Waals surface area contributed by atoms with Gasteiger partial charge in [-0.15, -0.1) is 0 Å². The van der Waals surface area contributed by atoms with Gasteiger partial charge >= 0.3 is 5.97 Å². The van der Waals surface area contributed by atoms with Gasteiger partial charge in [0.25, 0.3) is 5.91 Å². The third-order valence-electron chi connectivity index (χ3n) is 3.93. The number of rotatable bonds is 5. The van der Waals surface area contributed by atoms with E-state index in [1.165, 1.54) is 0 Å². The standard InChI is InChI=1S/C15H23N3O3/c1-4-21-14(20)15(7-5-6-8-15)16-13(19)12-9-11(10(2)3)17-18-12/h9-10H,4-8H2,1-3H3,(H,16,19)(H,17,18). The molecule has 0 atom stereocenters. The molecule has 0 radical (unpaired) electrons. The third kappa shape index (κ3) is 3.25. The second-order valence-electron chi connectivity index (χ2n) is 5.83. The number of esters is 1. The molecule has 0 aromatic carbocycles. The van der Waals surface area contributed by atoms with Crippen molar-refractivity contribution in [2.75, 3.05) is 6.61 Å². The average Bonchev–Trinajstić information content (AvgIpc) is 3.08. The first-order chi connectivity index (χ1) is 9.98. The number of carbonyl (C=O) groups is 2. The summed E-state index contributed by atoms with van der Waals surface area (Å²) in [5, 5.41) is 9.73. The van der Waals surface area contributed by atoms with Crippen molar-refractivity contribution in [3.8, 4) is 0 Å². The van der Waals surface area contributed by atoms with Crippen LogP contribution in [0, 0.1) is 0 Å². The van der Waals surface area contributed by atoms with Crippen LogP contribution < -0.4 is 5.32 Å². The zero-order valence-corrected chi connectivity index (χ0v) is 12.9. The van der Waals surface area contributed by atoms with Gasteiger partial charge < -0.3 is 10.1 Å². The van der Waals surface area contributed by atoms with Gasteiger partial charge in [-0.2, -0.15) is 5.10 Å². The van der Waals surface area contributed by atoms with E-state index in [2.05, 4.69) is 15.5 Å². The molecule has 0 bridgehead atoms. The van der Waals surface area contributed by atoms with Gasteiger partial charge in [-0.3, -0.25) is 9.89 Å². The molecule has 6 heteroatoms. The molecule has 1 aliphatic rings. The second kappa shape index (κ2) is 6.28. The first-order valence-corrected chi connectivity index (χ1v) is 7.53. The minimum absolute atomic E-state index is 0.268. The molecule has 1 aromatic rings. The molecule has 6 nitrogen and oxygen atoms in total. The Kier molecular flexibility index (Phi) is 4.65. The summed E-state index contributed by atoms with van der Waals surface area (Å²) in [6.45, 7) is 6.12. The fraction of sp³-hybridized carbons (Fsp3) is 0.667. The molecule has 116 valence electrons. The molecule has 1 heterocycles. The third-order valence-corrected chi connectivity index (χ3v) is 3.93. The number of hydrogen-bond donors (Lipinski definition) is 2. The first-order valence-electron chi connectivity index (χ1n) is 7.53. The van der Waals surface area contributed by atoms with Crippen molar-refractivity contribution in [2.24, 2.45) is 0 Å². The summed E-state index contributed by atoms with van der Waals surface area (Å²) >= 11 is 0. The number of nitrogens with one attached hydrogen (secondary N) is 2. The molecule has 0 spiro atoms. The predicted octanol–water partition coefficient (Wildman–Crippen LogP) is 2.14. The van der Waals surface area contributed by atoms with Crippen LogP contribution in [0.3, 0.4) is 0 Å². The van der Waals surface area contributed by atoms with E-state index < -0.39 is 5.54 Å². The van der Waals surface area contributed by atoms with Crippen molar-refractivity contribution in [2.45, 2.75) is 57.9 Å². The quantitative estimate of drug-likeness (QED) is 0.815. The van der Waals surface area contributed by atoms with Gasteiger partial charge in [-0.25, -0.2) is 4.79 Å². The van der Waals surface area contributed by atoms with Gasteiger partial charge in [-0.05, 0) is 31.7 Å². The van der Waals surface area contributed by atoms with Crippen molar-refractivity contribution < 1.29 is 14.3 Å². The van der Waals surface area contributed by atoms with E-state index in [0.29, 0.717) is 25.1 Å². The topological polar surface area (TPSA) is 84.1 Å². The van der Waals surface area contributed by atoms with E-state index in [4.69, 9.17) is 4.74 Å². The summed E-state index contributed by atoms with van der Waals surface area (Å²) in [6, 6.07) is 1.73. The molecule has 1 fully saturated rings. The number of nitrogens with zero attached hydrogens (tertiary/aromatic N) is 1. The number of aromatic amines is 1. The van der Waals surface area contributed by atoms with Crippen LogP contribution in [0.15, 0.2) is 6.07 Å². The van der Waals surface area contributed by atoms with Crippen LogP contribution in [-0.2, 0) is 9.53 Å². The maximum atomic E-state index is 12.3. The molecule has 0 unspecified atom stereocenters. The Morgan fingerprint density at radius 3 is 2.62 bits per heavy atom. The van der Waals surface area contributed by atoms with Crippen LogP contribution >= 0.6 is 0 Å². The minimum atomic E-state index is -0.885. The van der Waals surface area contributed by atoms with Crippen molar-refractivity contribution in [1.82, 2.24) is 15.5 Å². The lowest BCUT2D eigenvalue weighted by molar-refractivity contribution is -0.150. The highest BCUT2D eigenvalue weighted by atomic mass is 16.5. The predicted molar refractivity (Wildman–Crippen MR) is 78.0 cm³/mol. The Morgan fingerprint density at radius 1 is 1.43 bits per heavy atom. The van der Waals surface area contributed by atoms with Gasteiger partial charge in [0.2, 0.25) is 0 Å². The Hall–Kier alpha value is -1.85. The monoisotopic (exact) mass is 293 g/mol. The largest absolute Gasteiger partial charge is 0.464 e. The summed E-state index contributed by atoms with van der Waals surface area (Å²) in [5.41, 5.74) is 0.329. The summed E-state index contributed by atoms with van der Waals surface area (Å²) in [7, 11) is 0. The van der Waals surface area contributed by atoms with E-state index in [9.17, 15) is 9.59 Å². The summed E-state index contributed by atoms with van der Waals surface area (Å²) in [5.74, 6) is -0.395. The van der Waals surface area contributed by atoms with E-state index in [0.717, 1.165) is 18.5 Å². The molecule has 1 amide bonds. The van der Waals surface area contributed by atoms with Crippen molar-refractivity contribution in [3.63, 3.8) is 0 Å². The van der Waals surface area contributed by atoms with Crippen LogP contribution in [-0.4, -0.2) is 34.2 Å². The lowest BCUT2D eigenvalue weighted by Gasteiger charge is -2.27. The molecule has 0 aliphatic heterocycles. The van der Waals surface area contributed by atoms with Gasteiger partial charge in [-0.1, -0.05) is 26.7 Å². The molecule has 0 saturated heterocycles. The number of aromatic nitrogens is 2. The van der Waals surface area contributed by atoms with Crippen LogP contribution in [0.2, 0.25) is 0 Å². The Balaban J connectivity index is 2.12. The van der Waals surface area contributed by atoms with Gasteiger partial charge in [0.15, 0.2) is 0 Å². The highest BCUT2D eigenvalue weighted by Gasteiger charge is 2.44. The fourth-order valence-corrected chi connectivity index (χ4v) is 2.66.